The fraction of sp³-hybridized carbons (Fsp3) is 0.706. The fourth-order valence-corrected chi connectivity index (χ4v) is 3.09. The molecule has 0 radical (unpaired) electrons. The van der Waals surface area contributed by atoms with Gasteiger partial charge in [0.25, 0.3) is 0 Å². The molecular weight excluding hydrogens is 246 g/mol. The molecule has 3 heteroatoms. The van der Waals surface area contributed by atoms with E-state index in [1.165, 1.54) is 24.8 Å². The molecule has 1 aliphatic rings. The predicted octanol–water partition coefficient (Wildman–Crippen LogP) is 3.61. The van der Waals surface area contributed by atoms with E-state index in [0.717, 1.165) is 11.5 Å². The Morgan fingerprint density at radius 1 is 1.30 bits per heavy atom. The molecule has 1 aliphatic heterocycles. The predicted molar refractivity (Wildman–Crippen MR) is 86.1 cm³/mol. The van der Waals surface area contributed by atoms with Crippen LogP contribution in [0.25, 0.3) is 0 Å². The van der Waals surface area contributed by atoms with Crippen molar-refractivity contribution in [1.82, 2.24) is 4.98 Å². The van der Waals surface area contributed by atoms with Crippen LogP contribution in [0.15, 0.2) is 12.1 Å². The number of nitrogens with two attached hydrogens (primary N) is 1. The maximum absolute atomic E-state index is 5.89. The molecular formula is C17H29N3. The van der Waals surface area contributed by atoms with E-state index in [0.29, 0.717) is 18.6 Å². The number of aromatic nitrogens is 1. The van der Waals surface area contributed by atoms with Gasteiger partial charge in [-0.1, -0.05) is 27.7 Å². The SMILES string of the molecule is CCC1CCC(C)N1c1cc(CN)cc(C(C)(C)C)n1. The van der Waals surface area contributed by atoms with Gasteiger partial charge < -0.3 is 10.6 Å². The van der Waals surface area contributed by atoms with Gasteiger partial charge in [-0.2, -0.15) is 0 Å². The van der Waals surface area contributed by atoms with Crippen LogP contribution in [-0.2, 0) is 12.0 Å². The molecule has 3 nitrogen and oxygen atoms in total. The van der Waals surface area contributed by atoms with Crippen molar-refractivity contribution in [2.75, 3.05) is 4.90 Å². The summed E-state index contributed by atoms with van der Waals surface area (Å²) in [7, 11) is 0. The van der Waals surface area contributed by atoms with E-state index in [4.69, 9.17) is 10.7 Å². The number of pyridine rings is 1. The van der Waals surface area contributed by atoms with Gasteiger partial charge in [0.15, 0.2) is 0 Å². The molecule has 0 aliphatic carbocycles. The Morgan fingerprint density at radius 2 is 2.00 bits per heavy atom. The standard InChI is InChI=1S/C17H29N3/c1-6-14-8-7-12(2)20(14)16-10-13(11-18)9-15(19-16)17(3,4)5/h9-10,12,14H,6-8,11,18H2,1-5H3. The molecule has 0 aromatic carbocycles. The van der Waals surface area contributed by atoms with Gasteiger partial charge in [-0.25, -0.2) is 4.98 Å². The summed E-state index contributed by atoms with van der Waals surface area (Å²) in [5.74, 6) is 1.12. The van der Waals surface area contributed by atoms with Gasteiger partial charge in [-0.15, -0.1) is 0 Å². The van der Waals surface area contributed by atoms with Gasteiger partial charge in [-0.05, 0) is 43.9 Å². The van der Waals surface area contributed by atoms with Crippen molar-refractivity contribution in [3.8, 4) is 0 Å². The zero-order valence-electron chi connectivity index (χ0n) is 13.6. The first-order valence-corrected chi connectivity index (χ1v) is 7.86. The minimum Gasteiger partial charge on any atom is -0.351 e. The van der Waals surface area contributed by atoms with Crippen molar-refractivity contribution in [3.63, 3.8) is 0 Å². The van der Waals surface area contributed by atoms with Crippen LogP contribution in [0, 0.1) is 0 Å². The molecule has 20 heavy (non-hydrogen) atoms. The maximum atomic E-state index is 5.89. The number of hydrogen-bond donors (Lipinski definition) is 1. The fourth-order valence-electron chi connectivity index (χ4n) is 3.09. The molecule has 0 bridgehead atoms. The summed E-state index contributed by atoms with van der Waals surface area (Å²) in [6, 6.07) is 5.54. The van der Waals surface area contributed by atoms with Crippen molar-refractivity contribution < 1.29 is 0 Å². The van der Waals surface area contributed by atoms with Crippen LogP contribution in [0.5, 0.6) is 0 Å². The molecule has 2 atom stereocenters. The summed E-state index contributed by atoms with van der Waals surface area (Å²) in [5.41, 5.74) is 8.28. The second kappa shape index (κ2) is 5.72. The summed E-state index contributed by atoms with van der Waals surface area (Å²) in [6.07, 6.45) is 3.72. The summed E-state index contributed by atoms with van der Waals surface area (Å²) >= 11 is 0. The minimum atomic E-state index is 0.0601. The van der Waals surface area contributed by atoms with E-state index < -0.39 is 0 Å². The Hall–Kier alpha value is -1.09. The molecule has 1 aromatic heterocycles. The van der Waals surface area contributed by atoms with Gasteiger partial charge in [0, 0.05) is 29.7 Å². The first-order chi connectivity index (χ1) is 9.36. The summed E-state index contributed by atoms with van der Waals surface area (Å²) in [5, 5.41) is 0. The third kappa shape index (κ3) is 2.98. The molecule has 1 aromatic rings. The quantitative estimate of drug-likeness (QED) is 0.916. The molecule has 0 amide bonds. The van der Waals surface area contributed by atoms with Gasteiger partial charge in [0.1, 0.15) is 5.82 Å². The number of rotatable bonds is 3. The highest BCUT2D eigenvalue weighted by atomic mass is 15.3. The average molecular weight is 275 g/mol. The van der Waals surface area contributed by atoms with E-state index >= 15 is 0 Å². The second-order valence-electron chi connectivity index (χ2n) is 7.07. The van der Waals surface area contributed by atoms with Crippen LogP contribution in [-0.4, -0.2) is 17.1 Å². The maximum Gasteiger partial charge on any atom is 0.129 e. The van der Waals surface area contributed by atoms with Gasteiger partial charge >= 0.3 is 0 Å². The largest absolute Gasteiger partial charge is 0.351 e. The van der Waals surface area contributed by atoms with Crippen LogP contribution < -0.4 is 10.6 Å². The Labute approximate surface area is 123 Å². The Bertz CT molecular complexity index is 462. The van der Waals surface area contributed by atoms with Crippen molar-refractivity contribution in [3.05, 3.63) is 23.4 Å². The summed E-state index contributed by atoms with van der Waals surface area (Å²) in [6.45, 7) is 11.8. The average Bonchev–Trinajstić information content (AvgIpc) is 2.78. The van der Waals surface area contributed by atoms with Crippen LogP contribution >= 0.6 is 0 Å². The molecule has 2 heterocycles. The zero-order valence-corrected chi connectivity index (χ0v) is 13.6. The van der Waals surface area contributed by atoms with Crippen molar-refractivity contribution in [1.29, 1.82) is 0 Å². The Kier molecular flexibility index (Phi) is 4.38. The molecule has 0 saturated carbocycles. The first kappa shape index (κ1) is 15.3. The molecule has 2 rings (SSSR count). The highest BCUT2D eigenvalue weighted by Gasteiger charge is 2.31. The van der Waals surface area contributed by atoms with Crippen molar-refractivity contribution in [2.24, 2.45) is 5.73 Å². The van der Waals surface area contributed by atoms with E-state index in [9.17, 15) is 0 Å². The summed E-state index contributed by atoms with van der Waals surface area (Å²) < 4.78 is 0. The normalized spacial score (nSPS) is 23.4. The molecule has 2 N–H and O–H groups in total. The van der Waals surface area contributed by atoms with Crippen LogP contribution in [0.3, 0.4) is 0 Å². The lowest BCUT2D eigenvalue weighted by Crippen LogP contribution is -2.35. The van der Waals surface area contributed by atoms with Gasteiger partial charge in [-0.3, -0.25) is 0 Å². The molecule has 1 saturated heterocycles. The zero-order chi connectivity index (χ0) is 14.9. The highest BCUT2D eigenvalue weighted by molar-refractivity contribution is 5.47. The second-order valence-corrected chi connectivity index (χ2v) is 7.07. The third-order valence-corrected chi connectivity index (χ3v) is 4.40. The highest BCUT2D eigenvalue weighted by Crippen LogP contribution is 2.33. The Morgan fingerprint density at radius 3 is 2.55 bits per heavy atom. The smallest absolute Gasteiger partial charge is 0.129 e. The van der Waals surface area contributed by atoms with Crippen LogP contribution in [0.4, 0.5) is 5.82 Å². The molecule has 112 valence electrons. The summed E-state index contributed by atoms with van der Waals surface area (Å²) in [4.78, 5) is 7.46. The van der Waals surface area contributed by atoms with Gasteiger partial charge in [0.2, 0.25) is 0 Å². The number of hydrogen-bond acceptors (Lipinski definition) is 3. The number of anilines is 1. The molecule has 1 fully saturated rings. The van der Waals surface area contributed by atoms with Crippen molar-refractivity contribution >= 4 is 5.82 Å². The lowest BCUT2D eigenvalue weighted by molar-refractivity contribution is 0.560. The van der Waals surface area contributed by atoms with Crippen molar-refractivity contribution in [2.45, 2.75) is 77.9 Å². The van der Waals surface area contributed by atoms with Crippen LogP contribution in [0.2, 0.25) is 0 Å². The number of nitrogens with zero attached hydrogens (tertiary/aromatic N) is 2. The lowest BCUT2D eigenvalue weighted by atomic mass is 9.90. The molecule has 2 unspecified atom stereocenters. The topological polar surface area (TPSA) is 42.1 Å². The van der Waals surface area contributed by atoms with E-state index in [1.807, 2.05) is 0 Å². The van der Waals surface area contributed by atoms with Crippen LogP contribution in [0.1, 0.15) is 65.1 Å². The minimum absolute atomic E-state index is 0.0601. The monoisotopic (exact) mass is 275 g/mol. The first-order valence-electron chi connectivity index (χ1n) is 7.86. The third-order valence-electron chi connectivity index (χ3n) is 4.40. The Balaban J connectivity index is 2.45. The lowest BCUT2D eigenvalue weighted by Gasteiger charge is -2.31. The van der Waals surface area contributed by atoms with Gasteiger partial charge in [0.05, 0.1) is 0 Å². The molecule has 0 spiro atoms. The van der Waals surface area contributed by atoms with E-state index in [2.05, 4.69) is 51.7 Å². The van der Waals surface area contributed by atoms with E-state index in [-0.39, 0.29) is 5.41 Å². The van der Waals surface area contributed by atoms with E-state index in [1.54, 1.807) is 0 Å².